The van der Waals surface area contributed by atoms with Gasteiger partial charge >= 0.3 is 5.97 Å². The van der Waals surface area contributed by atoms with Crippen molar-refractivity contribution in [3.8, 4) is 0 Å². The minimum absolute atomic E-state index is 0.131. The highest BCUT2D eigenvalue weighted by molar-refractivity contribution is 9.10. The monoisotopic (exact) mass is 468 g/mol. The zero-order chi connectivity index (χ0) is 19.6. The van der Waals surface area contributed by atoms with Gasteiger partial charge in [-0.15, -0.1) is 0 Å². The summed E-state index contributed by atoms with van der Waals surface area (Å²) < 4.78 is 0.941. The predicted molar refractivity (Wildman–Crippen MR) is 108 cm³/mol. The Morgan fingerprint density at radius 1 is 1.15 bits per heavy atom. The maximum Gasteiger partial charge on any atom is 0.303 e. The lowest BCUT2D eigenvalue weighted by atomic mass is 9.98. The van der Waals surface area contributed by atoms with Crippen LogP contribution in [-0.2, 0) is 9.59 Å². The van der Waals surface area contributed by atoms with E-state index < -0.39 is 12.0 Å². The first-order valence-corrected chi connectivity index (χ1v) is 9.72. The van der Waals surface area contributed by atoms with E-state index in [9.17, 15) is 9.59 Å². The van der Waals surface area contributed by atoms with Crippen LogP contribution < -0.4 is 0 Å². The van der Waals surface area contributed by atoms with Gasteiger partial charge in [0.05, 0.1) is 18.2 Å². The van der Waals surface area contributed by atoms with Crippen LogP contribution in [0.15, 0.2) is 52.0 Å². The maximum atomic E-state index is 12.6. The number of halogens is 3. The number of nitrogens with zero attached hydrogens (tertiary/aromatic N) is 2. The number of rotatable bonds is 5. The third-order valence-corrected chi connectivity index (χ3v) is 5.31. The van der Waals surface area contributed by atoms with Gasteiger partial charge in [-0.3, -0.25) is 9.59 Å². The van der Waals surface area contributed by atoms with Crippen LogP contribution in [0.2, 0.25) is 10.0 Å². The Hall–Kier alpha value is -1.89. The van der Waals surface area contributed by atoms with E-state index in [1.165, 1.54) is 5.01 Å². The van der Waals surface area contributed by atoms with Crippen molar-refractivity contribution in [3.05, 3.63) is 68.1 Å². The van der Waals surface area contributed by atoms with E-state index in [0.29, 0.717) is 16.5 Å². The number of hydrogen-bond donors (Lipinski definition) is 1. The van der Waals surface area contributed by atoms with Crippen molar-refractivity contribution in [3.63, 3.8) is 0 Å². The maximum absolute atomic E-state index is 12.6. The number of hydrazone groups is 1. The average molecular weight is 470 g/mol. The molecule has 1 aliphatic heterocycles. The fourth-order valence-electron chi connectivity index (χ4n) is 2.90. The zero-order valence-electron chi connectivity index (χ0n) is 14.0. The molecule has 2 aromatic carbocycles. The fraction of sp³-hybridized carbons (Fsp3) is 0.211. The summed E-state index contributed by atoms with van der Waals surface area (Å²) in [6.07, 6.45) is 0.0928. The SMILES string of the molecule is O=C(O)CCC(=O)N1N=C(c2ccc(Br)cc2)C[C@H]1c1ccc(Cl)cc1Cl. The average Bonchev–Trinajstić information content (AvgIpc) is 3.05. The summed E-state index contributed by atoms with van der Waals surface area (Å²) >= 11 is 15.7. The Bertz CT molecular complexity index is 916. The molecule has 3 rings (SSSR count). The molecule has 0 radical (unpaired) electrons. The topological polar surface area (TPSA) is 70.0 Å². The quantitative estimate of drug-likeness (QED) is 0.645. The van der Waals surface area contributed by atoms with Crippen LogP contribution in [0.25, 0.3) is 0 Å². The standard InChI is InChI=1S/C19H15BrCl2N2O3/c20-12-3-1-11(2-4-12)16-10-17(14-6-5-13(21)9-15(14)22)24(23-16)18(25)7-8-19(26)27/h1-6,9,17H,7-8,10H2,(H,26,27)/t17-/m0/s1. The number of carboxylic acids is 1. The fourth-order valence-corrected chi connectivity index (χ4v) is 3.70. The van der Waals surface area contributed by atoms with Gasteiger partial charge in [0.1, 0.15) is 0 Å². The first kappa shape index (κ1) is 19.9. The van der Waals surface area contributed by atoms with Crippen LogP contribution in [0.1, 0.15) is 36.4 Å². The van der Waals surface area contributed by atoms with Crippen LogP contribution >= 0.6 is 39.1 Å². The van der Waals surface area contributed by atoms with E-state index in [4.69, 9.17) is 28.3 Å². The van der Waals surface area contributed by atoms with Crippen LogP contribution in [0, 0.1) is 0 Å². The molecule has 2 aromatic rings. The molecule has 1 N–H and O–H groups in total. The van der Waals surface area contributed by atoms with Gasteiger partial charge in [0, 0.05) is 27.4 Å². The van der Waals surface area contributed by atoms with Gasteiger partial charge in [-0.05, 0) is 35.4 Å². The van der Waals surface area contributed by atoms with Gasteiger partial charge in [0.25, 0.3) is 0 Å². The number of benzene rings is 2. The van der Waals surface area contributed by atoms with Gasteiger partial charge in [-0.2, -0.15) is 5.10 Å². The molecule has 0 aromatic heterocycles. The minimum Gasteiger partial charge on any atom is -0.481 e. The van der Waals surface area contributed by atoms with E-state index in [1.54, 1.807) is 18.2 Å². The van der Waals surface area contributed by atoms with Crippen LogP contribution in [0.5, 0.6) is 0 Å². The molecule has 0 fully saturated rings. The van der Waals surface area contributed by atoms with E-state index in [0.717, 1.165) is 21.3 Å². The summed E-state index contributed by atoms with van der Waals surface area (Å²) in [5, 5.41) is 15.6. The molecular formula is C19H15BrCl2N2O3. The Labute approximate surface area is 174 Å². The molecule has 0 saturated carbocycles. The smallest absolute Gasteiger partial charge is 0.303 e. The third kappa shape index (κ3) is 4.69. The molecule has 1 heterocycles. The second-order valence-corrected chi connectivity index (χ2v) is 7.83. The Balaban J connectivity index is 1.94. The zero-order valence-corrected chi connectivity index (χ0v) is 17.1. The molecule has 27 heavy (non-hydrogen) atoms. The number of hydrogen-bond acceptors (Lipinski definition) is 3. The molecule has 0 spiro atoms. The molecule has 0 bridgehead atoms. The lowest BCUT2D eigenvalue weighted by molar-refractivity contribution is -0.141. The van der Waals surface area contributed by atoms with Crippen molar-refractivity contribution in [2.24, 2.45) is 5.10 Å². The van der Waals surface area contributed by atoms with Crippen molar-refractivity contribution < 1.29 is 14.7 Å². The summed E-state index contributed by atoms with van der Waals surface area (Å²) in [4.78, 5) is 23.5. The molecule has 0 saturated heterocycles. The summed E-state index contributed by atoms with van der Waals surface area (Å²) in [5.41, 5.74) is 2.35. The van der Waals surface area contributed by atoms with Gasteiger partial charge < -0.3 is 5.11 Å². The van der Waals surface area contributed by atoms with Crippen molar-refractivity contribution in [2.75, 3.05) is 0 Å². The van der Waals surface area contributed by atoms with E-state index >= 15 is 0 Å². The molecule has 0 unspecified atom stereocenters. The molecule has 1 amide bonds. The van der Waals surface area contributed by atoms with Crippen molar-refractivity contribution in [1.29, 1.82) is 0 Å². The van der Waals surface area contributed by atoms with Crippen LogP contribution in [0.3, 0.4) is 0 Å². The number of carboxylic acid groups (broad SMARTS) is 1. The van der Waals surface area contributed by atoms with Gasteiger partial charge in [-0.1, -0.05) is 57.3 Å². The summed E-state index contributed by atoms with van der Waals surface area (Å²) in [6.45, 7) is 0. The molecule has 0 aliphatic carbocycles. The van der Waals surface area contributed by atoms with Gasteiger partial charge in [0.15, 0.2) is 0 Å². The summed E-state index contributed by atoms with van der Waals surface area (Å²) in [5.74, 6) is -1.39. The van der Waals surface area contributed by atoms with E-state index in [-0.39, 0.29) is 18.7 Å². The second-order valence-electron chi connectivity index (χ2n) is 6.07. The highest BCUT2D eigenvalue weighted by Crippen LogP contribution is 2.37. The summed E-state index contributed by atoms with van der Waals surface area (Å²) in [6, 6.07) is 12.3. The molecule has 8 heteroatoms. The highest BCUT2D eigenvalue weighted by atomic mass is 79.9. The number of carbonyl (C=O) groups excluding carboxylic acids is 1. The number of amides is 1. The first-order chi connectivity index (χ1) is 12.8. The van der Waals surface area contributed by atoms with Gasteiger partial charge in [-0.25, -0.2) is 5.01 Å². The van der Waals surface area contributed by atoms with E-state index in [1.807, 2.05) is 24.3 Å². The molecule has 1 aliphatic rings. The predicted octanol–water partition coefficient (Wildman–Crippen LogP) is 5.30. The second kappa shape index (κ2) is 8.42. The number of carbonyl (C=O) groups is 2. The molecule has 5 nitrogen and oxygen atoms in total. The molecule has 1 atom stereocenters. The molecule has 140 valence electrons. The van der Waals surface area contributed by atoms with E-state index in [2.05, 4.69) is 21.0 Å². The highest BCUT2D eigenvalue weighted by Gasteiger charge is 2.34. The molecular weight excluding hydrogens is 455 g/mol. The third-order valence-electron chi connectivity index (χ3n) is 4.22. The minimum atomic E-state index is -1.03. The first-order valence-electron chi connectivity index (χ1n) is 8.17. The Morgan fingerprint density at radius 3 is 2.48 bits per heavy atom. The normalized spacial score (nSPS) is 16.3. The van der Waals surface area contributed by atoms with Crippen molar-refractivity contribution in [2.45, 2.75) is 25.3 Å². The summed E-state index contributed by atoms with van der Waals surface area (Å²) in [7, 11) is 0. The Kier molecular flexibility index (Phi) is 6.19. The van der Waals surface area contributed by atoms with Crippen molar-refractivity contribution in [1.82, 2.24) is 5.01 Å². The number of aliphatic carboxylic acids is 1. The van der Waals surface area contributed by atoms with Crippen LogP contribution in [0.4, 0.5) is 0 Å². The largest absolute Gasteiger partial charge is 0.481 e. The lowest BCUT2D eigenvalue weighted by Crippen LogP contribution is -2.27. The Morgan fingerprint density at radius 2 is 1.85 bits per heavy atom. The van der Waals surface area contributed by atoms with Crippen LogP contribution in [-0.4, -0.2) is 27.7 Å². The lowest BCUT2D eigenvalue weighted by Gasteiger charge is -2.22. The van der Waals surface area contributed by atoms with Crippen molar-refractivity contribution >= 4 is 56.7 Å². The van der Waals surface area contributed by atoms with Gasteiger partial charge in [0.2, 0.25) is 5.91 Å².